The Morgan fingerprint density at radius 2 is 2.15 bits per heavy atom. The minimum Gasteiger partial charge on any atom is -0.488 e. The number of pyridine rings is 1. The smallest absolute Gasteiger partial charge is 0.292 e. The van der Waals surface area contributed by atoms with Crippen LogP contribution in [0, 0.1) is 0 Å². The third-order valence-corrected chi connectivity index (χ3v) is 3.32. The molecule has 6 heteroatoms. The Morgan fingerprint density at radius 3 is 2.85 bits per heavy atom. The van der Waals surface area contributed by atoms with Gasteiger partial charge in [0.2, 0.25) is 5.91 Å². The van der Waals surface area contributed by atoms with Gasteiger partial charge in [-0.3, -0.25) is 9.59 Å². The number of hydrogen-bond acceptors (Lipinski definition) is 4. The molecule has 1 aliphatic rings. The number of nitrogens with zero attached hydrogens (tertiary/aromatic N) is 2. The number of nitrogens with one attached hydrogen (secondary N) is 1. The molecule has 110 valence electrons. The maximum Gasteiger partial charge on any atom is 0.292 e. The lowest BCUT2D eigenvalue weighted by Gasteiger charge is -2.27. The minimum absolute atomic E-state index is 0.0974. The molecule has 20 heavy (non-hydrogen) atoms. The highest BCUT2D eigenvalue weighted by molar-refractivity contribution is 5.76. The van der Waals surface area contributed by atoms with Crippen molar-refractivity contribution in [1.29, 1.82) is 0 Å². The largest absolute Gasteiger partial charge is 0.488 e. The summed E-state index contributed by atoms with van der Waals surface area (Å²) >= 11 is 0. The lowest BCUT2D eigenvalue weighted by atomic mass is 10.3. The summed E-state index contributed by atoms with van der Waals surface area (Å²) in [5, 5.41) is 3.21. The Balaban J connectivity index is 1.95. The Labute approximate surface area is 118 Å². The van der Waals surface area contributed by atoms with E-state index in [2.05, 4.69) is 5.32 Å². The molecule has 1 N–H and O–H groups in total. The van der Waals surface area contributed by atoms with Crippen LogP contribution in [-0.2, 0) is 11.3 Å². The van der Waals surface area contributed by atoms with E-state index in [1.807, 2.05) is 11.8 Å². The lowest BCUT2D eigenvalue weighted by Crippen LogP contribution is -2.46. The Morgan fingerprint density at radius 1 is 1.40 bits per heavy atom. The summed E-state index contributed by atoms with van der Waals surface area (Å²) in [5.41, 5.74) is -0.178. The molecular formula is C14H21N3O3. The van der Waals surface area contributed by atoms with Crippen LogP contribution in [0.1, 0.15) is 13.3 Å². The van der Waals surface area contributed by atoms with E-state index >= 15 is 0 Å². The summed E-state index contributed by atoms with van der Waals surface area (Å²) in [4.78, 5) is 25.9. The van der Waals surface area contributed by atoms with E-state index in [-0.39, 0.29) is 11.5 Å². The zero-order valence-electron chi connectivity index (χ0n) is 11.8. The number of ether oxygens (including phenoxy) is 1. The normalized spacial score (nSPS) is 15.2. The highest BCUT2D eigenvalue weighted by atomic mass is 16.5. The summed E-state index contributed by atoms with van der Waals surface area (Å²) in [6, 6.07) is 3.42. The van der Waals surface area contributed by atoms with Crippen molar-refractivity contribution in [3.05, 3.63) is 28.7 Å². The number of piperazine rings is 1. The summed E-state index contributed by atoms with van der Waals surface area (Å²) in [5.74, 6) is 0.435. The number of aryl methyl sites for hydroxylation is 1. The van der Waals surface area contributed by atoms with Gasteiger partial charge in [-0.1, -0.05) is 0 Å². The van der Waals surface area contributed by atoms with Gasteiger partial charge in [0.15, 0.2) is 5.75 Å². The van der Waals surface area contributed by atoms with Gasteiger partial charge in [-0.25, -0.2) is 0 Å². The zero-order chi connectivity index (χ0) is 14.4. The predicted octanol–water partition coefficient (Wildman–Crippen LogP) is 0.0689. The molecule has 0 aromatic carbocycles. The zero-order valence-corrected chi connectivity index (χ0v) is 11.8. The van der Waals surface area contributed by atoms with Crippen molar-refractivity contribution in [2.75, 3.05) is 32.8 Å². The van der Waals surface area contributed by atoms with Crippen LogP contribution in [0.5, 0.6) is 5.75 Å². The number of hydrogen-bond donors (Lipinski definition) is 1. The number of carbonyl (C=O) groups is 1. The van der Waals surface area contributed by atoms with Crippen LogP contribution in [0.4, 0.5) is 0 Å². The first-order valence-electron chi connectivity index (χ1n) is 7.03. The second-order valence-corrected chi connectivity index (χ2v) is 4.68. The van der Waals surface area contributed by atoms with Crippen LogP contribution in [0.15, 0.2) is 23.1 Å². The van der Waals surface area contributed by atoms with E-state index in [0.717, 1.165) is 26.2 Å². The third kappa shape index (κ3) is 3.60. The van der Waals surface area contributed by atoms with Crippen molar-refractivity contribution >= 4 is 5.91 Å². The van der Waals surface area contributed by atoms with Crippen molar-refractivity contribution in [2.45, 2.75) is 19.9 Å². The van der Waals surface area contributed by atoms with Gasteiger partial charge in [0.05, 0.1) is 6.61 Å². The molecule has 0 aliphatic carbocycles. The fraction of sp³-hybridized carbons (Fsp3) is 0.571. The molecule has 0 unspecified atom stereocenters. The van der Waals surface area contributed by atoms with E-state index in [1.165, 1.54) is 4.57 Å². The topological polar surface area (TPSA) is 63.6 Å². The second-order valence-electron chi connectivity index (χ2n) is 4.68. The Hall–Kier alpha value is -1.82. The summed E-state index contributed by atoms with van der Waals surface area (Å²) < 4.78 is 6.80. The first-order valence-corrected chi connectivity index (χ1v) is 7.03. The van der Waals surface area contributed by atoms with Crippen LogP contribution < -0.4 is 15.6 Å². The molecule has 1 aromatic heterocycles. The first kappa shape index (κ1) is 14.6. The first-order chi connectivity index (χ1) is 9.72. The summed E-state index contributed by atoms with van der Waals surface area (Å²) in [7, 11) is 0. The van der Waals surface area contributed by atoms with Gasteiger partial charge < -0.3 is 19.5 Å². The van der Waals surface area contributed by atoms with Gasteiger partial charge in [-0.2, -0.15) is 0 Å². The molecule has 0 atom stereocenters. The third-order valence-electron chi connectivity index (χ3n) is 3.32. The highest BCUT2D eigenvalue weighted by Gasteiger charge is 2.16. The van der Waals surface area contributed by atoms with Crippen LogP contribution >= 0.6 is 0 Å². The quantitative estimate of drug-likeness (QED) is 0.828. The van der Waals surface area contributed by atoms with E-state index < -0.39 is 0 Å². The van der Waals surface area contributed by atoms with Gasteiger partial charge in [-0.15, -0.1) is 0 Å². The van der Waals surface area contributed by atoms with Gasteiger partial charge in [0.1, 0.15) is 0 Å². The minimum atomic E-state index is -0.178. The molecule has 1 aliphatic heterocycles. The average molecular weight is 279 g/mol. The number of carbonyl (C=O) groups excluding carboxylic acids is 1. The van der Waals surface area contributed by atoms with Gasteiger partial charge in [0.25, 0.3) is 5.56 Å². The Kier molecular flexibility index (Phi) is 5.17. The van der Waals surface area contributed by atoms with Crippen molar-refractivity contribution in [3.63, 3.8) is 0 Å². The average Bonchev–Trinajstić information content (AvgIpc) is 2.49. The fourth-order valence-electron chi connectivity index (χ4n) is 2.24. The predicted molar refractivity (Wildman–Crippen MR) is 75.9 cm³/mol. The van der Waals surface area contributed by atoms with Crippen LogP contribution in [0.3, 0.4) is 0 Å². The molecule has 1 aromatic rings. The molecular weight excluding hydrogens is 258 g/mol. The molecule has 0 radical (unpaired) electrons. The molecule has 2 heterocycles. The van der Waals surface area contributed by atoms with Gasteiger partial charge in [-0.05, 0) is 19.1 Å². The monoisotopic (exact) mass is 279 g/mol. The summed E-state index contributed by atoms with van der Waals surface area (Å²) in [6.07, 6.45) is 2.03. The number of rotatable bonds is 5. The Bertz CT molecular complexity index is 507. The maximum absolute atomic E-state index is 12.1. The van der Waals surface area contributed by atoms with Crippen molar-refractivity contribution in [2.24, 2.45) is 0 Å². The van der Waals surface area contributed by atoms with Gasteiger partial charge >= 0.3 is 0 Å². The molecule has 1 fully saturated rings. The second kappa shape index (κ2) is 7.09. The molecule has 0 bridgehead atoms. The van der Waals surface area contributed by atoms with Crippen LogP contribution in [0.25, 0.3) is 0 Å². The number of aromatic nitrogens is 1. The number of amides is 1. The van der Waals surface area contributed by atoms with E-state index in [0.29, 0.717) is 25.3 Å². The summed E-state index contributed by atoms with van der Waals surface area (Å²) in [6.45, 7) is 5.85. The molecule has 0 spiro atoms. The molecule has 6 nitrogen and oxygen atoms in total. The highest BCUT2D eigenvalue weighted by Crippen LogP contribution is 2.03. The molecule has 1 amide bonds. The van der Waals surface area contributed by atoms with Crippen LogP contribution in [0.2, 0.25) is 0 Å². The molecule has 1 saturated heterocycles. The van der Waals surface area contributed by atoms with E-state index in [1.54, 1.807) is 18.3 Å². The van der Waals surface area contributed by atoms with Crippen molar-refractivity contribution < 1.29 is 9.53 Å². The van der Waals surface area contributed by atoms with Crippen molar-refractivity contribution in [3.8, 4) is 5.75 Å². The van der Waals surface area contributed by atoms with E-state index in [4.69, 9.17) is 4.74 Å². The maximum atomic E-state index is 12.1. The van der Waals surface area contributed by atoms with Crippen LogP contribution in [-0.4, -0.2) is 48.2 Å². The SMILES string of the molecule is CCOc1cccn(CCC(=O)N2CCNCC2)c1=O. The standard InChI is InChI=1S/C14H21N3O3/c1-2-20-12-4-3-8-17(14(12)19)9-5-13(18)16-10-6-15-7-11-16/h3-4,8,15H,2,5-7,9-11H2,1H3. The molecule has 2 rings (SSSR count). The van der Waals surface area contributed by atoms with Gasteiger partial charge in [0, 0.05) is 45.3 Å². The van der Waals surface area contributed by atoms with Crippen molar-refractivity contribution in [1.82, 2.24) is 14.8 Å². The lowest BCUT2D eigenvalue weighted by molar-refractivity contribution is -0.132. The molecule has 0 saturated carbocycles. The van der Waals surface area contributed by atoms with E-state index in [9.17, 15) is 9.59 Å². The fourth-order valence-corrected chi connectivity index (χ4v) is 2.24.